The molecule has 1 aliphatic rings. The average molecular weight is 365 g/mol. The number of anilines is 1. The van der Waals surface area contributed by atoms with E-state index in [0.29, 0.717) is 36.6 Å². The van der Waals surface area contributed by atoms with Gasteiger partial charge in [-0.05, 0) is 25.9 Å². The molecule has 0 aromatic heterocycles. The Hall–Kier alpha value is -2.32. The lowest BCUT2D eigenvalue weighted by Crippen LogP contribution is -2.51. The van der Waals surface area contributed by atoms with Crippen molar-refractivity contribution in [2.24, 2.45) is 5.41 Å². The summed E-state index contributed by atoms with van der Waals surface area (Å²) < 4.78 is 15.6. The molecular formula is C18H27N3O5. The molecule has 1 aromatic rings. The van der Waals surface area contributed by atoms with E-state index in [4.69, 9.17) is 14.2 Å². The average Bonchev–Trinajstić information content (AvgIpc) is 2.66. The van der Waals surface area contributed by atoms with Crippen LogP contribution in [0.5, 0.6) is 11.5 Å². The van der Waals surface area contributed by atoms with Crippen molar-refractivity contribution in [1.82, 2.24) is 10.6 Å². The van der Waals surface area contributed by atoms with Gasteiger partial charge in [-0.25, -0.2) is 0 Å². The van der Waals surface area contributed by atoms with Gasteiger partial charge in [0.2, 0.25) is 11.8 Å². The fourth-order valence-electron chi connectivity index (χ4n) is 3.05. The zero-order valence-corrected chi connectivity index (χ0v) is 15.5. The van der Waals surface area contributed by atoms with Crippen LogP contribution < -0.4 is 25.4 Å². The molecule has 1 aromatic carbocycles. The number of carbonyl (C=O) groups is 2. The fraction of sp³-hybridized carbons (Fsp3) is 0.556. The largest absolute Gasteiger partial charge is 0.497 e. The number of benzene rings is 1. The Morgan fingerprint density at radius 3 is 2.23 bits per heavy atom. The zero-order valence-electron chi connectivity index (χ0n) is 15.5. The van der Waals surface area contributed by atoms with Gasteiger partial charge in [-0.15, -0.1) is 0 Å². The molecule has 0 spiro atoms. The molecule has 0 aliphatic carbocycles. The fourth-order valence-corrected chi connectivity index (χ4v) is 3.05. The van der Waals surface area contributed by atoms with Gasteiger partial charge in [0.25, 0.3) is 0 Å². The first kappa shape index (κ1) is 20.0. The molecule has 26 heavy (non-hydrogen) atoms. The summed E-state index contributed by atoms with van der Waals surface area (Å²) in [5.41, 5.74) is -0.0478. The van der Waals surface area contributed by atoms with Crippen molar-refractivity contribution in [1.29, 1.82) is 0 Å². The van der Waals surface area contributed by atoms with Gasteiger partial charge in [0, 0.05) is 31.0 Å². The highest BCUT2D eigenvalue weighted by molar-refractivity contribution is 5.95. The van der Waals surface area contributed by atoms with Crippen LogP contribution in [0.25, 0.3) is 0 Å². The molecule has 3 N–H and O–H groups in total. The second-order valence-electron chi connectivity index (χ2n) is 6.30. The first-order chi connectivity index (χ1) is 12.5. The zero-order chi connectivity index (χ0) is 19.0. The van der Waals surface area contributed by atoms with E-state index < -0.39 is 5.41 Å². The normalized spacial score (nSPS) is 15.8. The van der Waals surface area contributed by atoms with E-state index in [1.807, 2.05) is 0 Å². The number of hydrogen-bond acceptors (Lipinski definition) is 6. The number of amides is 2. The summed E-state index contributed by atoms with van der Waals surface area (Å²) in [6.07, 6.45) is 1.36. The first-order valence-corrected chi connectivity index (χ1v) is 8.54. The molecule has 2 amide bonds. The third-order valence-corrected chi connectivity index (χ3v) is 4.51. The number of nitrogens with one attached hydrogen (secondary N) is 3. The topological polar surface area (TPSA) is 97.9 Å². The molecule has 8 nitrogen and oxygen atoms in total. The predicted molar refractivity (Wildman–Crippen MR) is 97.6 cm³/mol. The van der Waals surface area contributed by atoms with Crippen LogP contribution in [-0.4, -0.2) is 59.4 Å². The summed E-state index contributed by atoms with van der Waals surface area (Å²) in [6, 6.07) is 5.08. The number of rotatable bonds is 8. The third-order valence-electron chi connectivity index (χ3n) is 4.51. The lowest BCUT2D eigenvalue weighted by atomic mass is 9.78. The quantitative estimate of drug-likeness (QED) is 0.630. The summed E-state index contributed by atoms with van der Waals surface area (Å²) >= 11 is 0. The summed E-state index contributed by atoms with van der Waals surface area (Å²) in [6.45, 7) is 1.74. The van der Waals surface area contributed by atoms with Crippen LogP contribution >= 0.6 is 0 Å². The standard InChI is InChI=1S/C18H27N3O5/c1-24-12-18(4-6-19-7-5-18)17(23)20-11-16(22)21-13-8-14(25-2)10-15(9-13)26-3/h8-10,19H,4-7,11-12H2,1-3H3,(H,20,23)(H,21,22). The molecule has 1 fully saturated rings. The van der Waals surface area contributed by atoms with Crippen molar-refractivity contribution >= 4 is 17.5 Å². The minimum atomic E-state index is -0.584. The Morgan fingerprint density at radius 2 is 1.69 bits per heavy atom. The van der Waals surface area contributed by atoms with E-state index in [9.17, 15) is 9.59 Å². The Bertz CT molecular complexity index is 601. The van der Waals surface area contributed by atoms with Crippen molar-refractivity contribution < 1.29 is 23.8 Å². The number of methoxy groups -OCH3 is 3. The highest BCUT2D eigenvalue weighted by Gasteiger charge is 2.39. The van der Waals surface area contributed by atoms with Gasteiger partial charge in [0.15, 0.2) is 0 Å². The van der Waals surface area contributed by atoms with E-state index in [-0.39, 0.29) is 18.4 Å². The molecule has 1 saturated heterocycles. The van der Waals surface area contributed by atoms with Crippen molar-refractivity contribution in [3.63, 3.8) is 0 Å². The van der Waals surface area contributed by atoms with E-state index in [1.54, 1.807) is 25.3 Å². The van der Waals surface area contributed by atoms with Gasteiger partial charge in [-0.1, -0.05) is 0 Å². The van der Waals surface area contributed by atoms with E-state index in [1.165, 1.54) is 14.2 Å². The van der Waals surface area contributed by atoms with Crippen LogP contribution in [0.4, 0.5) is 5.69 Å². The van der Waals surface area contributed by atoms with Crippen LogP contribution in [0.2, 0.25) is 0 Å². The molecule has 1 heterocycles. The molecule has 2 rings (SSSR count). The molecule has 0 unspecified atom stereocenters. The lowest BCUT2D eigenvalue weighted by molar-refractivity contribution is -0.137. The van der Waals surface area contributed by atoms with Crippen LogP contribution in [0, 0.1) is 5.41 Å². The van der Waals surface area contributed by atoms with E-state index >= 15 is 0 Å². The van der Waals surface area contributed by atoms with Gasteiger partial charge < -0.3 is 30.2 Å². The first-order valence-electron chi connectivity index (χ1n) is 8.54. The highest BCUT2D eigenvalue weighted by Crippen LogP contribution is 2.29. The van der Waals surface area contributed by atoms with Crippen molar-refractivity contribution in [2.75, 3.05) is 52.9 Å². The van der Waals surface area contributed by atoms with Gasteiger partial charge in [-0.2, -0.15) is 0 Å². The van der Waals surface area contributed by atoms with Crippen molar-refractivity contribution in [3.05, 3.63) is 18.2 Å². The number of carbonyl (C=O) groups excluding carboxylic acids is 2. The molecular weight excluding hydrogens is 338 g/mol. The van der Waals surface area contributed by atoms with Gasteiger partial charge >= 0.3 is 0 Å². The highest BCUT2D eigenvalue weighted by atomic mass is 16.5. The molecule has 144 valence electrons. The van der Waals surface area contributed by atoms with Gasteiger partial charge in [0.05, 0.1) is 32.8 Å². The Kier molecular flexibility index (Phi) is 7.23. The van der Waals surface area contributed by atoms with Gasteiger partial charge in [0.1, 0.15) is 11.5 Å². The second-order valence-corrected chi connectivity index (χ2v) is 6.30. The van der Waals surface area contributed by atoms with Crippen LogP contribution in [0.1, 0.15) is 12.8 Å². The Balaban J connectivity index is 1.94. The van der Waals surface area contributed by atoms with Crippen LogP contribution in [0.15, 0.2) is 18.2 Å². The molecule has 8 heteroatoms. The van der Waals surface area contributed by atoms with E-state index in [0.717, 1.165) is 13.1 Å². The minimum absolute atomic E-state index is 0.114. The molecule has 1 aliphatic heterocycles. The molecule has 0 radical (unpaired) electrons. The number of ether oxygens (including phenoxy) is 3. The summed E-state index contributed by atoms with van der Waals surface area (Å²) in [5, 5.41) is 8.70. The third kappa shape index (κ3) is 5.09. The van der Waals surface area contributed by atoms with Gasteiger partial charge in [-0.3, -0.25) is 9.59 Å². The van der Waals surface area contributed by atoms with Crippen LogP contribution in [0.3, 0.4) is 0 Å². The number of piperidine rings is 1. The molecule has 0 saturated carbocycles. The number of hydrogen-bond donors (Lipinski definition) is 3. The summed E-state index contributed by atoms with van der Waals surface area (Å²) in [4.78, 5) is 24.8. The van der Waals surface area contributed by atoms with E-state index in [2.05, 4.69) is 16.0 Å². The SMILES string of the molecule is COCC1(C(=O)NCC(=O)Nc2cc(OC)cc(OC)c2)CCNCC1. The van der Waals surface area contributed by atoms with Crippen LogP contribution in [-0.2, 0) is 14.3 Å². The van der Waals surface area contributed by atoms with Crippen molar-refractivity contribution in [3.8, 4) is 11.5 Å². The molecule has 0 bridgehead atoms. The van der Waals surface area contributed by atoms with Crippen molar-refractivity contribution in [2.45, 2.75) is 12.8 Å². The Morgan fingerprint density at radius 1 is 1.08 bits per heavy atom. The summed E-state index contributed by atoms with van der Waals surface area (Å²) in [7, 11) is 4.66. The summed E-state index contributed by atoms with van der Waals surface area (Å²) in [5.74, 6) is 0.657. The predicted octanol–water partition coefficient (Wildman–Crippen LogP) is 0.775. The maximum atomic E-state index is 12.6. The smallest absolute Gasteiger partial charge is 0.243 e. The maximum Gasteiger partial charge on any atom is 0.243 e. The Labute approximate surface area is 153 Å². The monoisotopic (exact) mass is 365 g/mol. The lowest BCUT2D eigenvalue weighted by Gasteiger charge is -2.35. The second kappa shape index (κ2) is 9.40. The maximum absolute atomic E-state index is 12.6. The minimum Gasteiger partial charge on any atom is -0.497 e. The molecule has 0 atom stereocenters.